The van der Waals surface area contributed by atoms with Crippen LogP contribution in [0.1, 0.15) is 32.1 Å². The molecular formula is C12H14O5. The number of hydrogen-bond acceptors (Lipinski definition) is 5. The maximum absolute atomic E-state index is 11.5. The fourth-order valence-electron chi connectivity index (χ4n) is 2.36. The molecule has 0 bridgehead atoms. The molecule has 0 N–H and O–H groups in total. The van der Waals surface area contributed by atoms with Gasteiger partial charge in [-0.25, -0.2) is 9.59 Å². The van der Waals surface area contributed by atoms with E-state index in [1.165, 1.54) is 7.11 Å². The Morgan fingerprint density at radius 2 is 1.88 bits per heavy atom. The zero-order valence-corrected chi connectivity index (χ0v) is 9.65. The van der Waals surface area contributed by atoms with Crippen LogP contribution < -0.4 is 0 Å². The van der Waals surface area contributed by atoms with Crippen LogP contribution in [0.5, 0.6) is 0 Å². The predicted molar refractivity (Wildman–Crippen MR) is 56.7 cm³/mol. The number of esters is 2. The predicted octanol–water partition coefficient (Wildman–Crippen LogP) is 1.12. The molecule has 5 nitrogen and oxygen atoms in total. The van der Waals surface area contributed by atoms with E-state index in [1.54, 1.807) is 0 Å². The number of Topliss-reactive ketones (excluding diaryl/α,β-unsaturated/α-hetero) is 1. The zero-order valence-electron chi connectivity index (χ0n) is 9.65. The first-order chi connectivity index (χ1) is 8.15. The van der Waals surface area contributed by atoms with Gasteiger partial charge >= 0.3 is 11.9 Å². The van der Waals surface area contributed by atoms with Gasteiger partial charge in [-0.15, -0.1) is 0 Å². The van der Waals surface area contributed by atoms with Crippen molar-refractivity contribution < 1.29 is 23.9 Å². The van der Waals surface area contributed by atoms with E-state index in [-0.39, 0.29) is 17.3 Å². The smallest absolute Gasteiger partial charge is 0.385 e. The number of methoxy groups -OCH3 is 1. The number of hydrogen-bond donors (Lipinski definition) is 0. The van der Waals surface area contributed by atoms with Crippen molar-refractivity contribution in [3.63, 3.8) is 0 Å². The van der Waals surface area contributed by atoms with Crippen molar-refractivity contribution in [3.05, 3.63) is 11.3 Å². The first-order valence-electron chi connectivity index (χ1n) is 5.74. The highest BCUT2D eigenvalue weighted by Gasteiger charge is 2.42. The Morgan fingerprint density at radius 1 is 1.24 bits per heavy atom. The van der Waals surface area contributed by atoms with E-state index in [0.29, 0.717) is 0 Å². The summed E-state index contributed by atoms with van der Waals surface area (Å²) >= 11 is 0. The van der Waals surface area contributed by atoms with Gasteiger partial charge in [0.1, 0.15) is 5.76 Å². The van der Waals surface area contributed by atoms with Gasteiger partial charge in [-0.2, -0.15) is 0 Å². The highest BCUT2D eigenvalue weighted by molar-refractivity contribution is 6.48. The van der Waals surface area contributed by atoms with E-state index in [1.807, 2.05) is 0 Å². The van der Waals surface area contributed by atoms with E-state index in [9.17, 15) is 14.4 Å². The van der Waals surface area contributed by atoms with E-state index >= 15 is 0 Å². The summed E-state index contributed by atoms with van der Waals surface area (Å²) in [5.41, 5.74) is -0.204. The molecule has 17 heavy (non-hydrogen) atoms. The summed E-state index contributed by atoms with van der Waals surface area (Å²) in [7, 11) is 1.18. The Hall–Kier alpha value is -1.65. The highest BCUT2D eigenvalue weighted by atomic mass is 16.6. The lowest BCUT2D eigenvalue weighted by atomic mass is 9.86. The molecule has 1 fully saturated rings. The Morgan fingerprint density at radius 3 is 2.47 bits per heavy atom. The molecule has 2 rings (SSSR count). The quantitative estimate of drug-likeness (QED) is 0.409. The molecule has 1 heterocycles. The van der Waals surface area contributed by atoms with E-state index in [2.05, 4.69) is 4.74 Å². The Bertz CT molecular complexity index is 401. The third kappa shape index (κ3) is 2.09. The summed E-state index contributed by atoms with van der Waals surface area (Å²) in [6.07, 6.45) is 4.87. The number of carbonyl (C=O) groups excluding carboxylic acids is 3. The van der Waals surface area contributed by atoms with Gasteiger partial charge in [-0.3, -0.25) is 4.79 Å². The van der Waals surface area contributed by atoms with Gasteiger partial charge in [0.15, 0.2) is 5.57 Å². The van der Waals surface area contributed by atoms with E-state index in [4.69, 9.17) is 4.74 Å². The molecule has 1 aliphatic carbocycles. The molecule has 0 aromatic rings. The van der Waals surface area contributed by atoms with Crippen molar-refractivity contribution in [1.29, 1.82) is 0 Å². The van der Waals surface area contributed by atoms with Crippen molar-refractivity contribution >= 4 is 17.7 Å². The summed E-state index contributed by atoms with van der Waals surface area (Å²) in [5.74, 6) is -2.40. The summed E-state index contributed by atoms with van der Waals surface area (Å²) < 4.78 is 9.46. The standard InChI is InChI=1S/C12H14O5/c1-16-11(14)8-9(13)12(15)17-10(8)7-5-3-2-4-6-7/h7H,2-6H2,1H3. The van der Waals surface area contributed by atoms with Gasteiger partial charge in [0.2, 0.25) is 0 Å². The summed E-state index contributed by atoms with van der Waals surface area (Å²) in [6, 6.07) is 0. The van der Waals surface area contributed by atoms with Gasteiger partial charge in [0, 0.05) is 5.92 Å². The third-order valence-electron chi connectivity index (χ3n) is 3.23. The number of carbonyl (C=O) groups is 3. The molecular weight excluding hydrogens is 224 g/mol. The third-order valence-corrected chi connectivity index (χ3v) is 3.23. The van der Waals surface area contributed by atoms with Crippen LogP contribution in [-0.2, 0) is 23.9 Å². The molecule has 0 spiro atoms. The Balaban J connectivity index is 2.31. The average Bonchev–Trinajstić information content (AvgIpc) is 2.66. The average molecular weight is 238 g/mol. The van der Waals surface area contributed by atoms with Crippen molar-refractivity contribution in [1.82, 2.24) is 0 Å². The molecule has 92 valence electrons. The zero-order chi connectivity index (χ0) is 12.4. The van der Waals surface area contributed by atoms with Crippen LogP contribution in [0.2, 0.25) is 0 Å². The normalized spacial score (nSPS) is 21.7. The van der Waals surface area contributed by atoms with Gasteiger partial charge in [-0.1, -0.05) is 19.3 Å². The first-order valence-corrected chi connectivity index (χ1v) is 5.74. The van der Waals surface area contributed by atoms with Crippen molar-refractivity contribution in [2.45, 2.75) is 32.1 Å². The number of rotatable bonds is 2. The fourth-order valence-corrected chi connectivity index (χ4v) is 2.36. The van der Waals surface area contributed by atoms with Gasteiger partial charge in [0.05, 0.1) is 7.11 Å². The van der Waals surface area contributed by atoms with Crippen LogP contribution in [0, 0.1) is 5.92 Å². The largest absolute Gasteiger partial charge is 0.465 e. The highest BCUT2D eigenvalue weighted by Crippen LogP contribution is 2.35. The monoisotopic (exact) mass is 238 g/mol. The SMILES string of the molecule is COC(=O)C1=C(C2CCCCC2)OC(=O)C1=O. The lowest BCUT2D eigenvalue weighted by Gasteiger charge is -2.21. The molecule has 0 aromatic heterocycles. The second-order valence-corrected chi connectivity index (χ2v) is 4.28. The number of ketones is 1. The molecule has 0 aromatic carbocycles. The summed E-state index contributed by atoms with van der Waals surface area (Å²) in [6.45, 7) is 0. The number of allylic oxidation sites excluding steroid dienone is 1. The van der Waals surface area contributed by atoms with Crippen LogP contribution in [0.3, 0.4) is 0 Å². The van der Waals surface area contributed by atoms with Crippen molar-refractivity contribution in [3.8, 4) is 0 Å². The molecule has 0 amide bonds. The molecule has 1 aliphatic heterocycles. The Kier molecular flexibility index (Phi) is 3.26. The summed E-state index contributed by atoms with van der Waals surface area (Å²) in [5, 5.41) is 0. The van der Waals surface area contributed by atoms with E-state index in [0.717, 1.165) is 32.1 Å². The van der Waals surface area contributed by atoms with Crippen LogP contribution >= 0.6 is 0 Å². The van der Waals surface area contributed by atoms with Crippen LogP contribution in [0.15, 0.2) is 11.3 Å². The van der Waals surface area contributed by atoms with Crippen LogP contribution in [-0.4, -0.2) is 24.8 Å². The molecule has 0 radical (unpaired) electrons. The van der Waals surface area contributed by atoms with E-state index < -0.39 is 17.7 Å². The molecule has 0 saturated heterocycles. The van der Waals surface area contributed by atoms with Gasteiger partial charge < -0.3 is 9.47 Å². The van der Waals surface area contributed by atoms with Gasteiger partial charge in [0.25, 0.3) is 5.78 Å². The second-order valence-electron chi connectivity index (χ2n) is 4.28. The second kappa shape index (κ2) is 4.69. The van der Waals surface area contributed by atoms with Crippen molar-refractivity contribution in [2.24, 2.45) is 5.92 Å². The molecule has 0 atom stereocenters. The minimum Gasteiger partial charge on any atom is -0.465 e. The summed E-state index contributed by atoms with van der Waals surface area (Å²) in [4.78, 5) is 34.3. The van der Waals surface area contributed by atoms with Crippen LogP contribution in [0.4, 0.5) is 0 Å². The van der Waals surface area contributed by atoms with Gasteiger partial charge in [-0.05, 0) is 12.8 Å². The minimum atomic E-state index is -0.967. The van der Waals surface area contributed by atoms with Crippen LogP contribution in [0.25, 0.3) is 0 Å². The molecule has 1 saturated carbocycles. The Labute approximate surface area is 98.8 Å². The topological polar surface area (TPSA) is 69.7 Å². The minimum absolute atomic E-state index is 0.00625. The molecule has 2 aliphatic rings. The number of cyclic esters (lactones) is 1. The lowest BCUT2D eigenvalue weighted by molar-refractivity contribution is -0.148. The fraction of sp³-hybridized carbons (Fsp3) is 0.583. The lowest BCUT2D eigenvalue weighted by Crippen LogP contribution is -2.17. The number of ether oxygens (including phenoxy) is 2. The maximum atomic E-state index is 11.5. The van der Waals surface area contributed by atoms with Crippen molar-refractivity contribution in [2.75, 3.05) is 7.11 Å². The molecule has 0 unspecified atom stereocenters. The first kappa shape index (κ1) is 11.8. The molecule has 5 heteroatoms. The maximum Gasteiger partial charge on any atom is 0.385 e.